The molecule has 3 rings (SSSR count). The summed E-state index contributed by atoms with van der Waals surface area (Å²) < 4.78 is 10.4. The number of nitrogens with one attached hydrogen (secondary N) is 1. The average Bonchev–Trinajstić information content (AvgIpc) is 2.66. The molecular formula is C19H20N2O6. The number of anilines is 1. The van der Waals surface area contributed by atoms with Gasteiger partial charge in [-0.25, -0.2) is 0 Å². The normalized spacial score (nSPS) is 18.1. The van der Waals surface area contributed by atoms with Gasteiger partial charge in [-0.1, -0.05) is 0 Å². The number of nitrogens with zero attached hydrogens (tertiary/aromatic N) is 1. The summed E-state index contributed by atoms with van der Waals surface area (Å²) in [5, 5.41) is 1.47. The van der Waals surface area contributed by atoms with Crippen molar-refractivity contribution in [2.75, 3.05) is 25.8 Å². The standard InChI is InChI=1S/C19H20N2O6/c1-26-15-7-6-12(9-16(15)27-2)21-10-11(8-17(24)20-21)19(25)18-13(22)4-3-5-14(18)23/h6-9,18H,3-5,10H2,1-2H3,(H,20,24). The zero-order valence-corrected chi connectivity index (χ0v) is 15.1. The van der Waals surface area contributed by atoms with E-state index in [1.165, 1.54) is 19.2 Å². The first kappa shape index (κ1) is 18.6. The third-order valence-corrected chi connectivity index (χ3v) is 4.63. The Morgan fingerprint density at radius 1 is 1.07 bits per heavy atom. The van der Waals surface area contributed by atoms with Crippen LogP contribution in [0, 0.1) is 5.92 Å². The van der Waals surface area contributed by atoms with Crippen LogP contribution >= 0.6 is 0 Å². The molecule has 1 aromatic rings. The molecule has 1 aliphatic heterocycles. The van der Waals surface area contributed by atoms with E-state index in [0.29, 0.717) is 23.6 Å². The van der Waals surface area contributed by atoms with Gasteiger partial charge in [0.1, 0.15) is 5.92 Å². The Hall–Kier alpha value is -3.16. The molecule has 8 heteroatoms. The Kier molecular flexibility index (Phi) is 5.25. The van der Waals surface area contributed by atoms with Crippen LogP contribution < -0.4 is 19.9 Å². The molecule has 0 saturated heterocycles. The monoisotopic (exact) mass is 372 g/mol. The summed E-state index contributed by atoms with van der Waals surface area (Å²) in [4.78, 5) is 49.0. The van der Waals surface area contributed by atoms with Crippen LogP contribution in [0.2, 0.25) is 0 Å². The summed E-state index contributed by atoms with van der Waals surface area (Å²) in [5.41, 5.74) is 3.33. The van der Waals surface area contributed by atoms with Gasteiger partial charge in [-0.2, -0.15) is 0 Å². The van der Waals surface area contributed by atoms with Gasteiger partial charge in [0.25, 0.3) is 5.91 Å². The van der Waals surface area contributed by atoms with Crippen LogP contribution in [0.5, 0.6) is 11.5 Å². The van der Waals surface area contributed by atoms with Crippen LogP contribution in [-0.4, -0.2) is 44.0 Å². The van der Waals surface area contributed by atoms with Crippen molar-refractivity contribution in [1.82, 2.24) is 5.43 Å². The molecule has 0 radical (unpaired) electrons. The third kappa shape index (κ3) is 3.69. The Labute approximate surface area is 156 Å². The number of hydrazine groups is 1. The Morgan fingerprint density at radius 2 is 1.74 bits per heavy atom. The lowest BCUT2D eigenvalue weighted by molar-refractivity contribution is -0.141. The maximum Gasteiger partial charge on any atom is 0.262 e. The molecule has 2 aliphatic rings. The zero-order chi connectivity index (χ0) is 19.6. The molecule has 1 aromatic carbocycles. The van der Waals surface area contributed by atoms with Crippen LogP contribution in [0.15, 0.2) is 29.8 Å². The van der Waals surface area contributed by atoms with Gasteiger partial charge in [0.15, 0.2) is 28.8 Å². The van der Waals surface area contributed by atoms with Crippen molar-refractivity contribution >= 4 is 28.9 Å². The van der Waals surface area contributed by atoms with Crippen LogP contribution in [0.1, 0.15) is 19.3 Å². The van der Waals surface area contributed by atoms with Gasteiger partial charge in [-0.3, -0.25) is 29.6 Å². The molecule has 1 saturated carbocycles. The van der Waals surface area contributed by atoms with Crippen molar-refractivity contribution in [3.8, 4) is 11.5 Å². The van der Waals surface area contributed by atoms with Gasteiger partial charge in [0.2, 0.25) is 0 Å². The molecule has 1 heterocycles. The van der Waals surface area contributed by atoms with E-state index in [9.17, 15) is 19.2 Å². The van der Waals surface area contributed by atoms with Gasteiger partial charge in [0.05, 0.1) is 26.5 Å². The summed E-state index contributed by atoms with van der Waals surface area (Å²) in [5.74, 6) is -2.15. The minimum atomic E-state index is -1.29. The van der Waals surface area contributed by atoms with Crippen LogP contribution in [0.3, 0.4) is 0 Å². The number of carbonyl (C=O) groups excluding carboxylic acids is 4. The SMILES string of the molecule is COc1ccc(N2CC(C(=O)C3C(=O)CCCC3=O)=CC(=O)N2)cc1OC. The molecule has 1 N–H and O–H groups in total. The van der Waals surface area contributed by atoms with E-state index in [1.807, 2.05) is 0 Å². The molecule has 1 aliphatic carbocycles. The van der Waals surface area contributed by atoms with Crippen molar-refractivity contribution in [2.45, 2.75) is 19.3 Å². The highest BCUT2D eigenvalue weighted by Crippen LogP contribution is 2.32. The van der Waals surface area contributed by atoms with E-state index in [4.69, 9.17) is 9.47 Å². The van der Waals surface area contributed by atoms with Crippen molar-refractivity contribution in [1.29, 1.82) is 0 Å². The van der Waals surface area contributed by atoms with E-state index in [2.05, 4.69) is 5.43 Å². The topological polar surface area (TPSA) is 102 Å². The highest BCUT2D eigenvalue weighted by molar-refractivity contribution is 6.26. The van der Waals surface area contributed by atoms with Crippen molar-refractivity contribution in [2.24, 2.45) is 5.92 Å². The number of benzene rings is 1. The quantitative estimate of drug-likeness (QED) is 0.769. The first-order valence-electron chi connectivity index (χ1n) is 8.55. The average molecular weight is 372 g/mol. The van der Waals surface area contributed by atoms with E-state index in [-0.39, 0.29) is 36.5 Å². The molecule has 1 fully saturated rings. The van der Waals surface area contributed by atoms with E-state index in [0.717, 1.165) is 6.08 Å². The first-order valence-corrected chi connectivity index (χ1v) is 8.55. The molecular weight excluding hydrogens is 352 g/mol. The maximum atomic E-state index is 12.8. The van der Waals surface area contributed by atoms with Crippen LogP contribution in [-0.2, 0) is 19.2 Å². The lowest BCUT2D eigenvalue weighted by Crippen LogP contribution is -2.49. The second-order valence-electron chi connectivity index (χ2n) is 6.35. The zero-order valence-electron chi connectivity index (χ0n) is 15.1. The fourth-order valence-electron chi connectivity index (χ4n) is 3.26. The molecule has 0 unspecified atom stereocenters. The number of hydrogen-bond acceptors (Lipinski definition) is 7. The fourth-order valence-corrected chi connectivity index (χ4v) is 3.26. The van der Waals surface area contributed by atoms with Gasteiger partial charge in [-0.05, 0) is 18.6 Å². The predicted molar refractivity (Wildman–Crippen MR) is 95.5 cm³/mol. The van der Waals surface area contributed by atoms with Crippen molar-refractivity contribution < 1.29 is 28.7 Å². The highest BCUT2D eigenvalue weighted by atomic mass is 16.5. The third-order valence-electron chi connectivity index (χ3n) is 4.63. The van der Waals surface area contributed by atoms with Crippen molar-refractivity contribution in [3.63, 3.8) is 0 Å². The Morgan fingerprint density at radius 3 is 2.37 bits per heavy atom. The molecule has 1 amide bonds. The minimum absolute atomic E-state index is 0.0388. The van der Waals surface area contributed by atoms with Gasteiger partial charge < -0.3 is 9.47 Å². The summed E-state index contributed by atoms with van der Waals surface area (Å²) in [6.45, 7) is 0.0388. The van der Waals surface area contributed by atoms with E-state index >= 15 is 0 Å². The number of carbonyl (C=O) groups is 4. The Balaban J connectivity index is 1.85. The number of ketones is 3. The summed E-state index contributed by atoms with van der Waals surface area (Å²) in [7, 11) is 3.00. The largest absolute Gasteiger partial charge is 0.493 e. The second kappa shape index (κ2) is 7.61. The molecule has 142 valence electrons. The van der Waals surface area contributed by atoms with Crippen LogP contribution in [0.25, 0.3) is 0 Å². The predicted octanol–water partition coefficient (Wildman–Crippen LogP) is 0.989. The number of ether oxygens (including phenoxy) is 2. The smallest absolute Gasteiger partial charge is 0.262 e. The number of Topliss-reactive ketones (excluding diaryl/α,β-unsaturated/α-hetero) is 3. The molecule has 0 atom stereocenters. The van der Waals surface area contributed by atoms with Crippen molar-refractivity contribution in [3.05, 3.63) is 29.8 Å². The second-order valence-corrected chi connectivity index (χ2v) is 6.35. The van der Waals surface area contributed by atoms with Gasteiger partial charge in [0, 0.05) is 30.6 Å². The lowest BCUT2D eigenvalue weighted by atomic mass is 9.81. The van der Waals surface area contributed by atoms with E-state index < -0.39 is 17.6 Å². The number of methoxy groups -OCH3 is 2. The summed E-state index contributed by atoms with van der Waals surface area (Å²) in [6, 6.07) is 5.03. The van der Waals surface area contributed by atoms with Crippen LogP contribution in [0.4, 0.5) is 5.69 Å². The highest BCUT2D eigenvalue weighted by Gasteiger charge is 2.38. The maximum absolute atomic E-state index is 12.8. The molecule has 27 heavy (non-hydrogen) atoms. The van der Waals surface area contributed by atoms with E-state index in [1.54, 1.807) is 18.2 Å². The fraction of sp³-hybridized carbons (Fsp3) is 0.368. The Bertz CT molecular complexity index is 829. The minimum Gasteiger partial charge on any atom is -0.493 e. The van der Waals surface area contributed by atoms with Gasteiger partial charge >= 0.3 is 0 Å². The summed E-state index contributed by atoms with van der Waals surface area (Å²) in [6.07, 6.45) is 2.04. The van der Waals surface area contributed by atoms with Gasteiger partial charge in [-0.15, -0.1) is 0 Å². The molecule has 8 nitrogen and oxygen atoms in total. The number of amides is 1. The number of rotatable bonds is 5. The summed E-state index contributed by atoms with van der Waals surface area (Å²) >= 11 is 0. The molecule has 0 aromatic heterocycles. The molecule has 0 spiro atoms. The number of hydrogen-bond donors (Lipinski definition) is 1. The lowest BCUT2D eigenvalue weighted by Gasteiger charge is -2.30. The first-order chi connectivity index (χ1) is 12.9. The molecule has 0 bridgehead atoms.